The van der Waals surface area contributed by atoms with Gasteiger partial charge in [-0.05, 0) is 28.0 Å². The molecule has 108 valence electrons. The summed E-state index contributed by atoms with van der Waals surface area (Å²) in [5.41, 5.74) is 2.24. The third kappa shape index (κ3) is 4.72. The zero-order chi connectivity index (χ0) is 14.2. The average molecular weight is 291 g/mol. The highest BCUT2D eigenvalue weighted by atomic mass is 32.1. The lowest BCUT2D eigenvalue weighted by molar-refractivity contribution is 0.0850. The third-order valence-corrected chi connectivity index (χ3v) is 3.95. The second-order valence-corrected chi connectivity index (χ2v) is 5.57. The Morgan fingerprint density at radius 3 is 2.70 bits per heavy atom. The largest absolute Gasteiger partial charge is 0.387 e. The van der Waals surface area contributed by atoms with Crippen molar-refractivity contribution >= 4 is 11.3 Å². The Morgan fingerprint density at radius 2 is 2.05 bits per heavy atom. The first-order chi connectivity index (χ1) is 9.79. The van der Waals surface area contributed by atoms with Crippen LogP contribution < -0.4 is 0 Å². The third-order valence-electron chi connectivity index (χ3n) is 3.21. The van der Waals surface area contributed by atoms with Crippen molar-refractivity contribution in [1.82, 2.24) is 4.90 Å². The lowest BCUT2D eigenvalue weighted by Crippen LogP contribution is -2.31. The van der Waals surface area contributed by atoms with Crippen LogP contribution in [0.5, 0.6) is 0 Å². The Bertz CT molecular complexity index is 472. The number of methoxy groups -OCH3 is 1. The molecule has 2 aromatic rings. The van der Waals surface area contributed by atoms with Gasteiger partial charge in [0.25, 0.3) is 0 Å². The van der Waals surface area contributed by atoms with Gasteiger partial charge in [0.2, 0.25) is 0 Å². The number of thiophene rings is 1. The molecule has 20 heavy (non-hydrogen) atoms. The van der Waals surface area contributed by atoms with Gasteiger partial charge in [0, 0.05) is 26.7 Å². The van der Waals surface area contributed by atoms with E-state index in [9.17, 15) is 5.11 Å². The van der Waals surface area contributed by atoms with Gasteiger partial charge in [0.15, 0.2) is 0 Å². The lowest BCUT2D eigenvalue weighted by atomic mass is 10.1. The lowest BCUT2D eigenvalue weighted by Gasteiger charge is -2.24. The highest BCUT2D eigenvalue weighted by molar-refractivity contribution is 7.07. The van der Waals surface area contributed by atoms with Crippen LogP contribution in [0.2, 0.25) is 0 Å². The normalized spacial score (nSPS) is 12.8. The standard InChI is InChI=1S/C16H21NO2S/c1-19-9-8-17(11-14-7-10-20-13-14)12-16(18)15-5-3-2-4-6-15/h2-7,10,13,16,18H,8-9,11-12H2,1H3. The van der Waals surface area contributed by atoms with Crippen LogP contribution in [-0.4, -0.2) is 36.8 Å². The topological polar surface area (TPSA) is 32.7 Å². The first kappa shape index (κ1) is 15.2. The van der Waals surface area contributed by atoms with Crippen molar-refractivity contribution in [3.8, 4) is 0 Å². The summed E-state index contributed by atoms with van der Waals surface area (Å²) in [6, 6.07) is 11.9. The zero-order valence-corrected chi connectivity index (χ0v) is 12.6. The SMILES string of the molecule is COCCN(Cc1ccsc1)CC(O)c1ccccc1. The van der Waals surface area contributed by atoms with Gasteiger partial charge in [0.1, 0.15) is 0 Å². The van der Waals surface area contributed by atoms with Crippen molar-refractivity contribution in [1.29, 1.82) is 0 Å². The summed E-state index contributed by atoms with van der Waals surface area (Å²) < 4.78 is 5.16. The predicted octanol–water partition coefficient (Wildman–Crippen LogP) is 2.93. The second-order valence-electron chi connectivity index (χ2n) is 4.79. The highest BCUT2D eigenvalue weighted by Gasteiger charge is 2.14. The van der Waals surface area contributed by atoms with E-state index in [1.165, 1.54) is 5.56 Å². The van der Waals surface area contributed by atoms with Gasteiger partial charge in [-0.25, -0.2) is 0 Å². The molecule has 0 bridgehead atoms. The van der Waals surface area contributed by atoms with Gasteiger partial charge in [-0.15, -0.1) is 0 Å². The van der Waals surface area contributed by atoms with E-state index in [1.807, 2.05) is 30.3 Å². The maximum Gasteiger partial charge on any atom is 0.0917 e. The van der Waals surface area contributed by atoms with Gasteiger partial charge in [-0.1, -0.05) is 30.3 Å². The molecular weight excluding hydrogens is 270 g/mol. The van der Waals surface area contributed by atoms with Crippen molar-refractivity contribution < 1.29 is 9.84 Å². The Kier molecular flexibility index (Phi) is 6.21. The van der Waals surface area contributed by atoms with Crippen molar-refractivity contribution in [3.63, 3.8) is 0 Å². The smallest absolute Gasteiger partial charge is 0.0917 e. The molecule has 1 atom stereocenters. The van der Waals surface area contributed by atoms with Gasteiger partial charge >= 0.3 is 0 Å². The molecule has 0 amide bonds. The number of aliphatic hydroxyl groups is 1. The molecule has 0 fully saturated rings. The van der Waals surface area contributed by atoms with E-state index in [0.717, 1.165) is 18.7 Å². The molecule has 1 aromatic heterocycles. The van der Waals surface area contributed by atoms with E-state index >= 15 is 0 Å². The van der Waals surface area contributed by atoms with Crippen LogP contribution in [0.3, 0.4) is 0 Å². The fourth-order valence-electron chi connectivity index (χ4n) is 2.12. The van der Waals surface area contributed by atoms with E-state index in [1.54, 1.807) is 18.4 Å². The Morgan fingerprint density at radius 1 is 1.25 bits per heavy atom. The molecule has 1 unspecified atom stereocenters. The van der Waals surface area contributed by atoms with Crippen LogP contribution in [0, 0.1) is 0 Å². The molecular formula is C16H21NO2S. The zero-order valence-electron chi connectivity index (χ0n) is 11.7. The fourth-order valence-corrected chi connectivity index (χ4v) is 2.78. The summed E-state index contributed by atoms with van der Waals surface area (Å²) in [5, 5.41) is 14.6. The molecule has 0 saturated heterocycles. The number of hydrogen-bond donors (Lipinski definition) is 1. The monoisotopic (exact) mass is 291 g/mol. The molecule has 2 rings (SSSR count). The molecule has 1 N–H and O–H groups in total. The summed E-state index contributed by atoms with van der Waals surface area (Å²) >= 11 is 1.70. The number of benzene rings is 1. The molecule has 0 aliphatic rings. The average Bonchev–Trinajstić information content (AvgIpc) is 2.98. The van der Waals surface area contributed by atoms with Crippen molar-refractivity contribution in [3.05, 3.63) is 58.3 Å². The molecule has 0 radical (unpaired) electrons. The molecule has 3 nitrogen and oxygen atoms in total. The van der Waals surface area contributed by atoms with Crippen LogP contribution in [0.1, 0.15) is 17.2 Å². The number of hydrogen-bond acceptors (Lipinski definition) is 4. The van der Waals surface area contributed by atoms with Crippen molar-refractivity contribution in [2.24, 2.45) is 0 Å². The summed E-state index contributed by atoms with van der Waals surface area (Å²) in [4.78, 5) is 2.23. The van der Waals surface area contributed by atoms with E-state index in [0.29, 0.717) is 13.2 Å². The van der Waals surface area contributed by atoms with E-state index in [4.69, 9.17) is 4.74 Å². The van der Waals surface area contributed by atoms with Crippen LogP contribution in [-0.2, 0) is 11.3 Å². The van der Waals surface area contributed by atoms with Gasteiger partial charge in [0.05, 0.1) is 12.7 Å². The molecule has 1 aromatic carbocycles. The molecule has 0 spiro atoms. The molecule has 0 aliphatic heterocycles. The summed E-state index contributed by atoms with van der Waals surface area (Å²) in [6.45, 7) is 2.95. The highest BCUT2D eigenvalue weighted by Crippen LogP contribution is 2.16. The van der Waals surface area contributed by atoms with Gasteiger partial charge < -0.3 is 9.84 Å². The van der Waals surface area contributed by atoms with E-state index in [2.05, 4.69) is 21.7 Å². The Labute approximate surface area is 124 Å². The van der Waals surface area contributed by atoms with E-state index < -0.39 is 6.10 Å². The summed E-state index contributed by atoms with van der Waals surface area (Å²) in [5.74, 6) is 0. The quantitative estimate of drug-likeness (QED) is 0.811. The summed E-state index contributed by atoms with van der Waals surface area (Å²) in [6.07, 6.45) is -0.466. The minimum atomic E-state index is -0.466. The minimum Gasteiger partial charge on any atom is -0.387 e. The first-order valence-electron chi connectivity index (χ1n) is 6.75. The molecule has 0 saturated carbocycles. The predicted molar refractivity (Wildman–Crippen MR) is 82.9 cm³/mol. The number of aliphatic hydroxyl groups excluding tert-OH is 1. The maximum atomic E-state index is 10.3. The van der Waals surface area contributed by atoms with E-state index in [-0.39, 0.29) is 0 Å². The number of rotatable bonds is 8. The van der Waals surface area contributed by atoms with Gasteiger partial charge in [-0.3, -0.25) is 4.90 Å². The second kappa shape index (κ2) is 8.17. The fraction of sp³-hybridized carbons (Fsp3) is 0.375. The first-order valence-corrected chi connectivity index (χ1v) is 7.69. The van der Waals surface area contributed by atoms with Crippen molar-refractivity contribution in [2.75, 3.05) is 26.8 Å². The van der Waals surface area contributed by atoms with Crippen molar-refractivity contribution in [2.45, 2.75) is 12.6 Å². The Balaban J connectivity index is 1.96. The van der Waals surface area contributed by atoms with Crippen LogP contribution in [0.15, 0.2) is 47.2 Å². The van der Waals surface area contributed by atoms with Crippen LogP contribution in [0.25, 0.3) is 0 Å². The number of nitrogens with zero attached hydrogens (tertiary/aromatic N) is 1. The Hall–Kier alpha value is -1.20. The van der Waals surface area contributed by atoms with Gasteiger partial charge in [-0.2, -0.15) is 11.3 Å². The van der Waals surface area contributed by atoms with Crippen LogP contribution >= 0.6 is 11.3 Å². The molecule has 0 aliphatic carbocycles. The number of ether oxygens (including phenoxy) is 1. The molecule has 1 heterocycles. The summed E-state index contributed by atoms with van der Waals surface area (Å²) in [7, 11) is 1.70. The minimum absolute atomic E-state index is 0.466. The molecule has 4 heteroatoms. The van der Waals surface area contributed by atoms with Crippen LogP contribution in [0.4, 0.5) is 0 Å². The maximum absolute atomic E-state index is 10.3.